The summed E-state index contributed by atoms with van der Waals surface area (Å²) in [7, 11) is -1.38. The first-order valence-electron chi connectivity index (χ1n) is 7.15. The molecule has 0 aliphatic carbocycles. The van der Waals surface area contributed by atoms with Gasteiger partial charge >= 0.3 is 0 Å². The highest BCUT2D eigenvalue weighted by molar-refractivity contribution is 8.22. The Morgan fingerprint density at radius 1 is 1.00 bits per heavy atom. The molecule has 0 aliphatic rings. The zero-order valence-electron chi connectivity index (χ0n) is 14.0. The lowest BCUT2D eigenvalue weighted by Crippen LogP contribution is -2.60. The quantitative estimate of drug-likeness (QED) is 0.509. The van der Waals surface area contributed by atoms with Crippen molar-refractivity contribution >= 4 is 26.7 Å². The number of thiol groups is 1. The molecule has 0 aromatic heterocycles. The number of hydrogen-bond acceptors (Lipinski definition) is 2. The summed E-state index contributed by atoms with van der Waals surface area (Å²) < 4.78 is 6.67. The first kappa shape index (κ1) is 18.7. The molecule has 0 spiro atoms. The Bertz CT molecular complexity index is 266. The Morgan fingerprint density at radius 3 is 1.72 bits per heavy atom. The maximum absolute atomic E-state index is 6.67. The van der Waals surface area contributed by atoms with Crippen LogP contribution in [0.4, 0.5) is 0 Å². The fourth-order valence-corrected chi connectivity index (χ4v) is 12.7. The van der Waals surface area contributed by atoms with Gasteiger partial charge in [0.2, 0.25) is 6.98 Å². The molecular formula is C14H34OSSi2. The molecule has 0 heterocycles. The Morgan fingerprint density at radius 2 is 1.44 bits per heavy atom. The van der Waals surface area contributed by atoms with E-state index in [0.29, 0.717) is 5.41 Å². The van der Waals surface area contributed by atoms with Gasteiger partial charge in [-0.15, -0.1) is 0 Å². The lowest BCUT2D eigenvalue weighted by molar-refractivity contribution is 0.0950. The normalized spacial score (nSPS) is 17.7. The molecule has 1 atom stereocenters. The van der Waals surface area contributed by atoms with Crippen molar-refractivity contribution < 1.29 is 4.43 Å². The van der Waals surface area contributed by atoms with Crippen LogP contribution < -0.4 is 0 Å². The van der Waals surface area contributed by atoms with Crippen molar-refractivity contribution in [3.8, 4) is 0 Å². The summed E-state index contributed by atoms with van der Waals surface area (Å²) in [5.41, 5.74) is 0.283. The average molecular weight is 307 g/mol. The van der Waals surface area contributed by atoms with Crippen molar-refractivity contribution in [1.82, 2.24) is 0 Å². The van der Waals surface area contributed by atoms with E-state index in [1.54, 1.807) is 0 Å². The molecule has 1 unspecified atom stereocenters. The molecule has 0 radical (unpaired) electrons. The highest BCUT2D eigenvalue weighted by Gasteiger charge is 2.49. The summed E-state index contributed by atoms with van der Waals surface area (Å²) in [6.45, 7) is 18.9. The minimum atomic E-state index is -1.93. The van der Waals surface area contributed by atoms with E-state index in [-0.39, 0.29) is 5.60 Å². The molecule has 0 amide bonds. The maximum atomic E-state index is 6.67. The molecule has 110 valence electrons. The number of rotatable bonds is 6. The lowest BCUT2D eigenvalue weighted by Gasteiger charge is -2.45. The molecule has 0 saturated carbocycles. The van der Waals surface area contributed by atoms with E-state index in [1.807, 2.05) is 0 Å². The van der Waals surface area contributed by atoms with Crippen molar-refractivity contribution in [1.29, 1.82) is 0 Å². The van der Waals surface area contributed by atoms with Gasteiger partial charge in [0.05, 0.1) is 13.2 Å². The fourth-order valence-electron chi connectivity index (χ4n) is 2.28. The van der Waals surface area contributed by atoms with Gasteiger partial charge < -0.3 is 4.43 Å². The molecule has 0 bridgehead atoms. The van der Waals surface area contributed by atoms with Gasteiger partial charge in [-0.3, -0.25) is 0 Å². The predicted octanol–water partition coefficient (Wildman–Crippen LogP) is 5.42. The molecule has 1 nitrogen and oxygen atoms in total. The van der Waals surface area contributed by atoms with Crippen LogP contribution in [-0.2, 0) is 4.43 Å². The van der Waals surface area contributed by atoms with Crippen molar-refractivity contribution in [2.24, 2.45) is 5.41 Å². The Hall–Kier alpha value is 0.744. The summed E-state index contributed by atoms with van der Waals surface area (Å²) in [4.78, 5) is 0. The molecule has 0 fully saturated rings. The molecule has 0 rings (SSSR count). The van der Waals surface area contributed by atoms with Crippen LogP contribution in [0.5, 0.6) is 0 Å². The van der Waals surface area contributed by atoms with Crippen molar-refractivity contribution in [3.05, 3.63) is 0 Å². The summed E-state index contributed by atoms with van der Waals surface area (Å²) in [6, 6.07) is 1.14. The second kappa shape index (κ2) is 6.02. The van der Waals surface area contributed by atoms with Crippen molar-refractivity contribution in [2.75, 3.05) is 0 Å². The van der Waals surface area contributed by atoms with Crippen molar-refractivity contribution in [2.45, 2.75) is 85.7 Å². The second-order valence-corrected chi connectivity index (χ2v) is 25.4. The van der Waals surface area contributed by atoms with E-state index in [2.05, 4.69) is 61.2 Å². The third-order valence-electron chi connectivity index (χ3n) is 3.24. The van der Waals surface area contributed by atoms with Gasteiger partial charge in [0.15, 0.2) is 0 Å². The van der Waals surface area contributed by atoms with E-state index in [4.69, 9.17) is 16.5 Å². The van der Waals surface area contributed by atoms with Crippen molar-refractivity contribution in [3.63, 3.8) is 0 Å². The zero-order valence-corrected chi connectivity index (χ0v) is 16.9. The van der Waals surface area contributed by atoms with Crippen LogP contribution in [0.1, 0.15) is 54.4 Å². The predicted molar refractivity (Wildman–Crippen MR) is 92.4 cm³/mol. The van der Waals surface area contributed by atoms with Gasteiger partial charge in [0.1, 0.15) is 0 Å². The summed E-state index contributed by atoms with van der Waals surface area (Å²) in [6.07, 6.45) is 2.30. The van der Waals surface area contributed by atoms with E-state index < -0.39 is 14.6 Å². The number of hydrogen-bond donors (Lipinski definition) is 1. The lowest BCUT2D eigenvalue weighted by atomic mass is 10.0. The summed E-state index contributed by atoms with van der Waals surface area (Å²) in [5.74, 6) is 0. The van der Waals surface area contributed by atoms with Gasteiger partial charge in [-0.25, -0.2) is 0 Å². The SMILES string of the molecule is CCCC(C)(C)O[Si](S)(CC(C)(C)C)[Si](C)(C)C. The minimum absolute atomic E-state index is 0.0196. The molecular weight excluding hydrogens is 272 g/mol. The second-order valence-electron chi connectivity index (χ2n) is 8.38. The standard InChI is InChI=1S/C14H34OSSi2/c1-10-11-14(5,6)15-18(16,17(7,8)9)12-13(2,3)4/h16H,10-12H2,1-9H3. The average Bonchev–Trinajstić information content (AvgIpc) is 1.94. The molecule has 4 heteroatoms. The fraction of sp³-hybridized carbons (Fsp3) is 1.00. The van der Waals surface area contributed by atoms with Crippen LogP contribution in [0, 0.1) is 5.41 Å². The van der Waals surface area contributed by atoms with Crippen LogP contribution in [0.25, 0.3) is 0 Å². The molecule has 0 aromatic rings. The van der Waals surface area contributed by atoms with Crippen LogP contribution in [0.3, 0.4) is 0 Å². The Kier molecular flexibility index (Phi) is 6.27. The highest BCUT2D eigenvalue weighted by Crippen LogP contribution is 2.40. The van der Waals surface area contributed by atoms with E-state index >= 15 is 0 Å². The van der Waals surface area contributed by atoms with Gasteiger partial charge in [-0.1, -0.05) is 53.8 Å². The van der Waals surface area contributed by atoms with E-state index in [0.717, 1.165) is 12.5 Å². The third kappa shape index (κ3) is 6.26. The van der Waals surface area contributed by atoms with E-state index in [9.17, 15) is 0 Å². The maximum Gasteiger partial charge on any atom is 0.236 e. The van der Waals surface area contributed by atoms with Crippen LogP contribution in [0.2, 0.25) is 25.7 Å². The third-order valence-corrected chi connectivity index (χ3v) is 22.7. The largest absolute Gasteiger partial charge is 0.405 e. The molecule has 0 N–H and O–H groups in total. The zero-order chi connectivity index (χ0) is 14.8. The van der Waals surface area contributed by atoms with Gasteiger partial charge in [-0.05, 0) is 31.7 Å². The van der Waals surface area contributed by atoms with Gasteiger partial charge in [-0.2, -0.15) is 12.1 Å². The van der Waals surface area contributed by atoms with Crippen LogP contribution in [-0.4, -0.2) is 20.2 Å². The first-order valence-corrected chi connectivity index (χ1v) is 15.1. The summed E-state index contributed by atoms with van der Waals surface area (Å²) >= 11 is 5.16. The highest BCUT2D eigenvalue weighted by atomic mass is 32.3. The molecule has 18 heavy (non-hydrogen) atoms. The molecule has 0 saturated heterocycles. The first-order chi connectivity index (χ1) is 7.72. The van der Waals surface area contributed by atoms with Gasteiger partial charge in [0.25, 0.3) is 0 Å². The smallest absolute Gasteiger partial charge is 0.236 e. The molecule has 0 aromatic carbocycles. The van der Waals surface area contributed by atoms with Crippen LogP contribution in [0.15, 0.2) is 0 Å². The molecule has 0 aliphatic heterocycles. The topological polar surface area (TPSA) is 9.23 Å². The minimum Gasteiger partial charge on any atom is -0.405 e. The van der Waals surface area contributed by atoms with Crippen LogP contribution >= 0.6 is 12.1 Å². The Labute approximate surface area is 122 Å². The summed E-state index contributed by atoms with van der Waals surface area (Å²) in [5, 5.41) is 0. The monoisotopic (exact) mass is 306 g/mol. The van der Waals surface area contributed by atoms with Gasteiger partial charge in [0, 0.05) is 0 Å². The Balaban J connectivity index is 5.14. The van der Waals surface area contributed by atoms with E-state index in [1.165, 1.54) is 6.42 Å².